The number of hydrogen-bond donors (Lipinski definition) is 0. The van der Waals surface area contributed by atoms with Gasteiger partial charge in [-0.15, -0.1) is 0 Å². The molecular formula is C16H15BrF2O. The van der Waals surface area contributed by atoms with Gasteiger partial charge in [0.15, 0.2) is 0 Å². The van der Waals surface area contributed by atoms with Crippen LogP contribution in [0, 0.1) is 25.5 Å². The van der Waals surface area contributed by atoms with Crippen molar-refractivity contribution in [2.75, 3.05) is 0 Å². The van der Waals surface area contributed by atoms with Crippen LogP contribution in [0.1, 0.15) is 22.3 Å². The zero-order valence-electron chi connectivity index (χ0n) is 11.3. The van der Waals surface area contributed by atoms with Crippen molar-refractivity contribution >= 4 is 15.9 Å². The van der Waals surface area contributed by atoms with Crippen LogP contribution in [0.4, 0.5) is 8.78 Å². The molecule has 2 aromatic carbocycles. The fourth-order valence-corrected chi connectivity index (χ4v) is 2.48. The van der Waals surface area contributed by atoms with Gasteiger partial charge < -0.3 is 4.74 Å². The van der Waals surface area contributed by atoms with E-state index < -0.39 is 11.6 Å². The Morgan fingerprint density at radius 2 is 1.60 bits per heavy atom. The van der Waals surface area contributed by atoms with Crippen LogP contribution in [0.2, 0.25) is 0 Å². The molecule has 0 amide bonds. The zero-order chi connectivity index (χ0) is 14.7. The molecule has 20 heavy (non-hydrogen) atoms. The van der Waals surface area contributed by atoms with E-state index in [2.05, 4.69) is 15.9 Å². The molecule has 0 radical (unpaired) electrons. The van der Waals surface area contributed by atoms with Gasteiger partial charge in [0.1, 0.15) is 24.0 Å². The smallest absolute Gasteiger partial charge is 0.132 e. The van der Waals surface area contributed by atoms with Crippen LogP contribution in [0.5, 0.6) is 5.75 Å². The van der Waals surface area contributed by atoms with Gasteiger partial charge in [-0.1, -0.05) is 34.1 Å². The minimum absolute atomic E-state index is 0.0455. The van der Waals surface area contributed by atoms with Crippen LogP contribution in [0.15, 0.2) is 30.3 Å². The number of alkyl halides is 1. The van der Waals surface area contributed by atoms with Crippen molar-refractivity contribution < 1.29 is 13.5 Å². The maximum Gasteiger partial charge on any atom is 0.132 e. The number of halogens is 3. The van der Waals surface area contributed by atoms with Gasteiger partial charge in [-0.2, -0.15) is 0 Å². The summed E-state index contributed by atoms with van der Waals surface area (Å²) < 4.78 is 32.7. The summed E-state index contributed by atoms with van der Waals surface area (Å²) in [6.07, 6.45) is 0. The lowest BCUT2D eigenvalue weighted by atomic mass is 10.1. The van der Waals surface area contributed by atoms with Gasteiger partial charge in [-0.3, -0.25) is 0 Å². The summed E-state index contributed by atoms with van der Waals surface area (Å²) >= 11 is 3.41. The van der Waals surface area contributed by atoms with Crippen LogP contribution in [0.3, 0.4) is 0 Å². The third-order valence-electron chi connectivity index (χ3n) is 3.10. The van der Waals surface area contributed by atoms with Crippen molar-refractivity contribution in [3.63, 3.8) is 0 Å². The lowest BCUT2D eigenvalue weighted by Gasteiger charge is -2.14. The summed E-state index contributed by atoms with van der Waals surface area (Å²) in [6.45, 7) is 3.73. The van der Waals surface area contributed by atoms with Gasteiger partial charge >= 0.3 is 0 Å². The summed E-state index contributed by atoms with van der Waals surface area (Å²) in [5.74, 6) is -0.493. The number of hydrogen-bond acceptors (Lipinski definition) is 1. The van der Waals surface area contributed by atoms with E-state index in [0.717, 1.165) is 22.0 Å². The molecule has 0 aliphatic rings. The molecule has 0 saturated carbocycles. The Hall–Kier alpha value is -1.42. The molecule has 0 unspecified atom stereocenters. The monoisotopic (exact) mass is 340 g/mol. The highest BCUT2D eigenvalue weighted by atomic mass is 79.9. The number of benzene rings is 2. The second kappa shape index (κ2) is 6.35. The van der Waals surface area contributed by atoms with Crippen molar-refractivity contribution in [3.8, 4) is 5.75 Å². The van der Waals surface area contributed by atoms with Crippen LogP contribution >= 0.6 is 15.9 Å². The normalized spacial score (nSPS) is 10.7. The number of aryl methyl sites for hydroxylation is 2. The Balaban J connectivity index is 2.23. The van der Waals surface area contributed by atoms with Gasteiger partial charge in [-0.25, -0.2) is 8.78 Å². The lowest BCUT2D eigenvalue weighted by Crippen LogP contribution is -2.04. The predicted octanol–water partition coefficient (Wildman–Crippen LogP) is 5.06. The van der Waals surface area contributed by atoms with Crippen LogP contribution in [-0.4, -0.2) is 0 Å². The standard InChI is InChI=1S/C16H15BrF2O/c1-10-6-12(8-17)7-11(2)16(10)20-9-13-14(18)4-3-5-15(13)19/h3-7H,8-9H2,1-2H3. The second-order valence-corrected chi connectivity index (χ2v) is 5.24. The molecule has 0 bridgehead atoms. The van der Waals surface area contributed by atoms with E-state index in [1.807, 2.05) is 26.0 Å². The zero-order valence-corrected chi connectivity index (χ0v) is 12.9. The topological polar surface area (TPSA) is 9.23 Å². The Bertz CT molecular complexity index is 583. The SMILES string of the molecule is Cc1cc(CBr)cc(C)c1OCc1c(F)cccc1F. The second-order valence-electron chi connectivity index (χ2n) is 4.68. The molecule has 0 aliphatic carbocycles. The summed E-state index contributed by atoms with van der Waals surface area (Å²) in [6, 6.07) is 7.80. The molecule has 4 heteroatoms. The minimum Gasteiger partial charge on any atom is -0.488 e. The van der Waals surface area contributed by atoms with E-state index in [1.54, 1.807) is 0 Å². The maximum atomic E-state index is 13.5. The highest BCUT2D eigenvalue weighted by Gasteiger charge is 2.11. The van der Waals surface area contributed by atoms with Crippen molar-refractivity contribution in [1.82, 2.24) is 0 Å². The first-order valence-electron chi connectivity index (χ1n) is 6.24. The van der Waals surface area contributed by atoms with Gasteiger partial charge in [0.05, 0.1) is 5.56 Å². The molecule has 0 aromatic heterocycles. The first-order valence-corrected chi connectivity index (χ1v) is 7.37. The Morgan fingerprint density at radius 1 is 1.05 bits per heavy atom. The first-order chi connectivity index (χ1) is 9.52. The molecule has 0 saturated heterocycles. The first kappa shape index (κ1) is 15.0. The van der Waals surface area contributed by atoms with Gasteiger partial charge in [0.25, 0.3) is 0 Å². The summed E-state index contributed by atoms with van der Waals surface area (Å²) in [4.78, 5) is 0. The molecule has 0 spiro atoms. The van der Waals surface area contributed by atoms with E-state index >= 15 is 0 Å². The number of ether oxygens (including phenoxy) is 1. The van der Waals surface area contributed by atoms with Crippen molar-refractivity contribution in [2.45, 2.75) is 25.8 Å². The van der Waals surface area contributed by atoms with E-state index in [1.165, 1.54) is 18.2 Å². The summed E-state index contributed by atoms with van der Waals surface area (Å²) in [7, 11) is 0. The minimum atomic E-state index is -0.586. The number of rotatable bonds is 4. The van der Waals surface area contributed by atoms with Crippen LogP contribution < -0.4 is 4.74 Å². The highest BCUT2D eigenvalue weighted by molar-refractivity contribution is 9.08. The maximum absolute atomic E-state index is 13.5. The van der Waals surface area contributed by atoms with Crippen LogP contribution in [-0.2, 0) is 11.9 Å². The van der Waals surface area contributed by atoms with Gasteiger partial charge in [-0.05, 0) is 42.7 Å². The molecule has 0 atom stereocenters. The average molecular weight is 341 g/mol. The molecule has 106 valence electrons. The fourth-order valence-electron chi connectivity index (χ4n) is 2.16. The summed E-state index contributed by atoms with van der Waals surface area (Å²) in [5.41, 5.74) is 3.01. The van der Waals surface area contributed by atoms with E-state index in [4.69, 9.17) is 4.74 Å². The molecule has 0 fully saturated rings. The Kier molecular flexibility index (Phi) is 4.76. The van der Waals surface area contributed by atoms with Crippen molar-refractivity contribution in [3.05, 3.63) is 64.2 Å². The summed E-state index contributed by atoms with van der Waals surface area (Å²) in [5, 5.41) is 0.761. The molecule has 0 N–H and O–H groups in total. The third-order valence-corrected chi connectivity index (χ3v) is 3.74. The van der Waals surface area contributed by atoms with Gasteiger partial charge in [0.2, 0.25) is 0 Å². The molecular weight excluding hydrogens is 326 g/mol. The largest absolute Gasteiger partial charge is 0.488 e. The molecule has 0 aliphatic heterocycles. The quantitative estimate of drug-likeness (QED) is 0.707. The Labute approximate surface area is 125 Å². The van der Waals surface area contributed by atoms with Crippen molar-refractivity contribution in [2.24, 2.45) is 0 Å². The molecule has 1 nitrogen and oxygen atoms in total. The lowest BCUT2D eigenvalue weighted by molar-refractivity contribution is 0.288. The van der Waals surface area contributed by atoms with Crippen molar-refractivity contribution in [1.29, 1.82) is 0 Å². The molecule has 2 aromatic rings. The predicted molar refractivity (Wildman–Crippen MR) is 79.2 cm³/mol. The fraction of sp³-hybridized carbons (Fsp3) is 0.250. The average Bonchev–Trinajstić information content (AvgIpc) is 2.40. The molecule has 0 heterocycles. The van der Waals surface area contributed by atoms with Gasteiger partial charge in [0, 0.05) is 5.33 Å². The third kappa shape index (κ3) is 3.18. The van der Waals surface area contributed by atoms with E-state index in [9.17, 15) is 8.78 Å². The van der Waals surface area contributed by atoms with Crippen LogP contribution in [0.25, 0.3) is 0 Å². The van der Waals surface area contributed by atoms with E-state index in [0.29, 0.717) is 5.75 Å². The Morgan fingerprint density at radius 3 is 2.10 bits per heavy atom. The highest BCUT2D eigenvalue weighted by Crippen LogP contribution is 2.27. The molecule has 2 rings (SSSR count). The van der Waals surface area contributed by atoms with E-state index in [-0.39, 0.29) is 12.2 Å².